The SMILES string of the molecule is CCCCCCCCC1=C(c2cc(CCCC)cc(CCCCCCCC)c2)[N+](=[N-])C(c2cc(CCCC)cc(CCCCCCCC)c2)=C1CCCC.C[O][Ni][O]C. The molecule has 338 valence electrons. The van der Waals surface area contributed by atoms with E-state index in [-0.39, 0.29) is 0 Å². The van der Waals surface area contributed by atoms with Gasteiger partial charge in [0.05, 0.1) is 0 Å². The molecule has 59 heavy (non-hydrogen) atoms. The minimum absolute atomic E-state index is 0.819. The summed E-state index contributed by atoms with van der Waals surface area (Å²) < 4.78 is 10.5. The van der Waals surface area contributed by atoms with Crippen LogP contribution < -0.4 is 0 Å². The fraction of sp³-hybridized carbons (Fsp3) is 0.704. The normalized spacial score (nSPS) is 12.9. The van der Waals surface area contributed by atoms with E-state index < -0.39 is 0 Å². The first kappa shape index (κ1) is 53.1. The topological polar surface area (TPSA) is 43.8 Å². The molecule has 4 nitrogen and oxygen atoms in total. The average Bonchev–Trinajstić information content (AvgIpc) is 3.52. The summed E-state index contributed by atoms with van der Waals surface area (Å²) in [5.74, 6) is 0. The standard InChI is InChI=1S/C52H84N2.2CH3O.Ni/c1-7-13-19-22-25-28-33-45-37-43(31-16-10-4)39-47(41-45)51-49(35-18-12-6)50(36-30-27-24-21-15-9-3)52(54(51)53)48-40-44(32-17-11-5)38-46(42-48)34-29-26-23-20-14-8-2;2*1-2;/h37-42H,7-36H2,1-6H3;2*1H3;/q;2*-1;+2. The zero-order chi connectivity index (χ0) is 42.9. The fourth-order valence-electron chi connectivity index (χ4n) is 8.63. The summed E-state index contributed by atoms with van der Waals surface area (Å²) in [4.78, 5) is 0. The predicted octanol–water partition coefficient (Wildman–Crippen LogP) is 17.5. The van der Waals surface area contributed by atoms with Gasteiger partial charge in [-0.3, -0.25) is 0 Å². The van der Waals surface area contributed by atoms with Gasteiger partial charge in [0.25, 0.3) is 0 Å². The molecule has 2 aromatic carbocycles. The van der Waals surface area contributed by atoms with Crippen molar-refractivity contribution in [2.24, 2.45) is 0 Å². The van der Waals surface area contributed by atoms with Crippen molar-refractivity contribution in [1.29, 1.82) is 0 Å². The van der Waals surface area contributed by atoms with Gasteiger partial charge in [-0.2, -0.15) is 0 Å². The van der Waals surface area contributed by atoms with Crippen molar-refractivity contribution in [2.75, 3.05) is 14.2 Å². The first-order valence-corrected chi connectivity index (χ1v) is 25.6. The molecule has 1 aliphatic heterocycles. The van der Waals surface area contributed by atoms with Crippen molar-refractivity contribution in [3.63, 3.8) is 0 Å². The number of nitrogens with zero attached hydrogens (tertiary/aromatic N) is 2. The van der Waals surface area contributed by atoms with E-state index in [1.54, 1.807) is 18.9 Å². The Hall–Kier alpha value is -2.07. The van der Waals surface area contributed by atoms with Crippen LogP contribution >= 0.6 is 0 Å². The first-order valence-electron chi connectivity index (χ1n) is 24.8. The molecular weight excluding hydrogens is 767 g/mol. The van der Waals surface area contributed by atoms with E-state index in [4.69, 9.17) is 0 Å². The molecule has 3 rings (SSSR count). The van der Waals surface area contributed by atoms with Gasteiger partial charge in [0.1, 0.15) is 0 Å². The number of hydrogen-bond acceptors (Lipinski definition) is 2. The van der Waals surface area contributed by atoms with E-state index in [9.17, 15) is 5.53 Å². The van der Waals surface area contributed by atoms with Crippen molar-refractivity contribution in [3.05, 3.63) is 86.5 Å². The van der Waals surface area contributed by atoms with Gasteiger partial charge in [0, 0.05) is 22.3 Å². The number of benzene rings is 2. The van der Waals surface area contributed by atoms with Crippen LogP contribution in [-0.4, -0.2) is 18.9 Å². The molecule has 0 fully saturated rings. The first-order chi connectivity index (χ1) is 28.9. The molecule has 0 N–H and O–H groups in total. The number of unbranched alkanes of at least 4 members (excludes halogenated alkanes) is 18. The molecule has 0 aliphatic carbocycles. The Labute approximate surface area is 372 Å². The molecule has 0 spiro atoms. The fourth-order valence-corrected chi connectivity index (χ4v) is 8.79. The molecule has 5 heteroatoms. The van der Waals surface area contributed by atoms with E-state index in [2.05, 4.69) is 85.7 Å². The molecule has 1 heterocycles. The molecule has 1 aliphatic rings. The quantitative estimate of drug-likeness (QED) is 0.0400. The van der Waals surface area contributed by atoms with Crippen LogP contribution in [0.1, 0.15) is 242 Å². The number of hydrogen-bond donors (Lipinski definition) is 0. The third-order valence-corrected chi connectivity index (χ3v) is 12.3. The molecule has 0 saturated carbocycles. The van der Waals surface area contributed by atoms with Crippen LogP contribution in [0.15, 0.2) is 47.5 Å². The molecule has 0 saturated heterocycles. The monoisotopic (exact) mass is 857 g/mol. The van der Waals surface area contributed by atoms with E-state index in [1.165, 1.54) is 186 Å². The van der Waals surface area contributed by atoms with Gasteiger partial charge < -0.3 is 5.53 Å². The van der Waals surface area contributed by atoms with Crippen molar-refractivity contribution >= 4 is 11.4 Å². The third kappa shape index (κ3) is 21.0. The Morgan fingerprint density at radius 2 is 0.644 bits per heavy atom. The maximum absolute atomic E-state index is 12.7. The van der Waals surface area contributed by atoms with E-state index in [0.717, 1.165) is 77.8 Å². The summed E-state index contributed by atoms with van der Waals surface area (Å²) in [7, 11) is 3.12. The Bertz CT molecular complexity index is 1470. The number of allylic oxidation sites excluding steroid dienone is 2. The van der Waals surface area contributed by atoms with Crippen LogP contribution in [0.4, 0.5) is 0 Å². The second-order valence-corrected chi connectivity index (χ2v) is 18.2. The third-order valence-electron chi connectivity index (χ3n) is 12.0. The Morgan fingerprint density at radius 3 is 0.966 bits per heavy atom. The molecule has 0 bridgehead atoms. The molecule has 2 aromatic rings. The van der Waals surface area contributed by atoms with Crippen molar-refractivity contribution < 1.29 is 27.5 Å². The Kier molecular flexibility index (Phi) is 31.0. The van der Waals surface area contributed by atoms with Crippen LogP contribution in [0.25, 0.3) is 16.9 Å². The second-order valence-electron chi connectivity index (χ2n) is 17.2. The zero-order valence-electron chi connectivity index (χ0n) is 39.7. The summed E-state index contributed by atoms with van der Waals surface area (Å²) in [5.41, 5.74) is 26.0. The number of rotatable bonds is 34. The molecular formula is C54H90N2NiO2. The molecule has 0 atom stereocenters. The van der Waals surface area contributed by atoms with Gasteiger partial charge in [0.15, 0.2) is 0 Å². The van der Waals surface area contributed by atoms with Gasteiger partial charge in [-0.25, -0.2) is 4.70 Å². The van der Waals surface area contributed by atoms with E-state index in [1.807, 2.05) is 0 Å². The summed E-state index contributed by atoms with van der Waals surface area (Å²) in [6.07, 6.45) is 37.3. The van der Waals surface area contributed by atoms with Gasteiger partial charge in [0.2, 0.25) is 11.4 Å². The van der Waals surface area contributed by atoms with Gasteiger partial charge in [-0.15, -0.1) is 0 Å². The van der Waals surface area contributed by atoms with Crippen LogP contribution in [0.3, 0.4) is 0 Å². The van der Waals surface area contributed by atoms with Crippen LogP contribution in [0.5, 0.6) is 0 Å². The molecule has 0 amide bonds. The van der Waals surface area contributed by atoms with Gasteiger partial charge in [-0.1, -0.05) is 169 Å². The van der Waals surface area contributed by atoms with Crippen molar-refractivity contribution in [1.82, 2.24) is 0 Å². The minimum atomic E-state index is 0.819. The summed E-state index contributed by atoms with van der Waals surface area (Å²) in [6.45, 7) is 13.8. The zero-order valence-corrected chi connectivity index (χ0v) is 40.7. The van der Waals surface area contributed by atoms with E-state index >= 15 is 0 Å². The molecule has 0 unspecified atom stereocenters. The van der Waals surface area contributed by atoms with Gasteiger partial charge >= 0.3 is 37.1 Å². The van der Waals surface area contributed by atoms with E-state index in [0.29, 0.717) is 0 Å². The van der Waals surface area contributed by atoms with Crippen molar-refractivity contribution in [3.8, 4) is 0 Å². The summed E-state index contributed by atoms with van der Waals surface area (Å²) in [5, 5.41) is 0. The second kappa shape index (κ2) is 34.5. The van der Waals surface area contributed by atoms with Crippen molar-refractivity contribution in [2.45, 2.75) is 234 Å². The average molecular weight is 858 g/mol. The maximum atomic E-state index is 12.7. The Morgan fingerprint density at radius 1 is 0.373 bits per heavy atom. The summed E-state index contributed by atoms with van der Waals surface area (Å²) >= 11 is 0.819. The molecule has 0 aromatic heterocycles. The van der Waals surface area contributed by atoms with Gasteiger partial charge in [-0.05, 0) is 124 Å². The number of aryl methyl sites for hydroxylation is 4. The predicted molar refractivity (Wildman–Crippen MR) is 253 cm³/mol. The Balaban J connectivity index is 0.00000225. The van der Waals surface area contributed by atoms with Crippen LogP contribution in [0.2, 0.25) is 0 Å². The van der Waals surface area contributed by atoms with Crippen LogP contribution in [-0.2, 0) is 48.5 Å². The van der Waals surface area contributed by atoms with Crippen LogP contribution in [0, 0.1) is 0 Å². The summed E-state index contributed by atoms with van der Waals surface area (Å²) in [6, 6.07) is 14.8. The molecule has 0 radical (unpaired) electrons.